The molecule has 2 N–H and O–H groups in total. The topological polar surface area (TPSA) is 52.6 Å². The van der Waals surface area contributed by atoms with Crippen molar-refractivity contribution in [2.75, 3.05) is 18.5 Å². The highest BCUT2D eigenvalue weighted by molar-refractivity contribution is 9.10. The second kappa shape index (κ2) is 5.91. The molecule has 1 saturated heterocycles. The predicted molar refractivity (Wildman–Crippen MR) is 75.0 cm³/mol. The number of nitrogens with zero attached hydrogens (tertiary/aromatic N) is 1. The molecule has 2 rings (SSSR count). The number of aliphatic hydroxyl groups excluding tert-OH is 1. The number of hydrogen-bond donors (Lipinski definition) is 2. The summed E-state index contributed by atoms with van der Waals surface area (Å²) in [6.45, 7) is 0.673. The molecule has 0 unspecified atom stereocenters. The third-order valence-corrected chi connectivity index (χ3v) is 3.83. The maximum atomic E-state index is 12.1. The second-order valence-electron chi connectivity index (χ2n) is 4.23. The van der Waals surface area contributed by atoms with Gasteiger partial charge in [0.1, 0.15) is 0 Å². The van der Waals surface area contributed by atoms with Gasteiger partial charge in [0, 0.05) is 11.0 Å². The first kappa shape index (κ1) is 13.6. The zero-order valence-corrected chi connectivity index (χ0v) is 12.0. The van der Waals surface area contributed by atoms with Crippen LogP contribution in [0.5, 0.6) is 0 Å². The highest BCUT2D eigenvalue weighted by Crippen LogP contribution is 2.26. The Morgan fingerprint density at radius 3 is 3.06 bits per heavy atom. The Bertz CT molecular complexity index is 456. The van der Waals surface area contributed by atoms with Gasteiger partial charge in [-0.15, -0.1) is 0 Å². The number of benzene rings is 1. The molecule has 1 aliphatic heterocycles. The van der Waals surface area contributed by atoms with E-state index < -0.39 is 0 Å². The monoisotopic (exact) mass is 332 g/mol. The summed E-state index contributed by atoms with van der Waals surface area (Å²) in [4.78, 5) is 13.7. The summed E-state index contributed by atoms with van der Waals surface area (Å²) < 4.78 is 0.861. The summed E-state index contributed by atoms with van der Waals surface area (Å²) in [6.07, 6.45) is 1.77. The average molecular weight is 334 g/mol. The number of urea groups is 1. The lowest BCUT2D eigenvalue weighted by Crippen LogP contribution is -2.40. The number of likely N-dealkylation sites (tertiary alicyclic amines) is 1. The number of carbonyl (C=O) groups is 1. The summed E-state index contributed by atoms with van der Waals surface area (Å²) >= 11 is 9.35. The van der Waals surface area contributed by atoms with Crippen molar-refractivity contribution < 1.29 is 9.90 Å². The molecule has 1 aromatic rings. The molecule has 98 valence electrons. The fraction of sp³-hybridized carbons (Fsp3) is 0.417. The zero-order valence-electron chi connectivity index (χ0n) is 9.70. The van der Waals surface area contributed by atoms with Crippen LogP contribution in [0.4, 0.5) is 10.5 Å². The van der Waals surface area contributed by atoms with Crippen molar-refractivity contribution in [2.45, 2.75) is 18.9 Å². The summed E-state index contributed by atoms with van der Waals surface area (Å²) in [6, 6.07) is 4.99. The lowest BCUT2D eigenvalue weighted by atomic mass is 10.2. The Hall–Kier alpha value is -0.780. The Morgan fingerprint density at radius 1 is 1.61 bits per heavy atom. The van der Waals surface area contributed by atoms with E-state index in [1.54, 1.807) is 17.0 Å². The number of hydrogen-bond acceptors (Lipinski definition) is 2. The molecule has 2 amide bonds. The fourth-order valence-corrected chi connectivity index (χ4v) is 2.79. The lowest BCUT2D eigenvalue weighted by molar-refractivity contribution is 0.166. The van der Waals surface area contributed by atoms with Gasteiger partial charge in [0.15, 0.2) is 0 Å². The number of carbonyl (C=O) groups excluding carboxylic acids is 1. The van der Waals surface area contributed by atoms with E-state index >= 15 is 0 Å². The smallest absolute Gasteiger partial charge is 0.322 e. The van der Waals surface area contributed by atoms with Crippen LogP contribution in [0, 0.1) is 0 Å². The molecule has 1 heterocycles. The molecular formula is C12H14BrClN2O2. The minimum absolute atomic E-state index is 0.00148. The number of anilines is 1. The van der Waals surface area contributed by atoms with E-state index in [4.69, 9.17) is 11.6 Å². The van der Waals surface area contributed by atoms with Crippen molar-refractivity contribution >= 4 is 39.2 Å². The molecule has 0 saturated carbocycles. The molecule has 1 aromatic carbocycles. The molecule has 1 aliphatic rings. The SMILES string of the molecule is O=C(Nc1ccc(Br)cc1Cl)N1CCC[C@H]1CO. The molecular weight excluding hydrogens is 320 g/mol. The third kappa shape index (κ3) is 2.96. The van der Waals surface area contributed by atoms with Gasteiger partial charge in [0.2, 0.25) is 0 Å². The van der Waals surface area contributed by atoms with E-state index in [-0.39, 0.29) is 18.7 Å². The molecule has 6 heteroatoms. The molecule has 0 bridgehead atoms. The van der Waals surface area contributed by atoms with E-state index in [1.165, 1.54) is 0 Å². The molecule has 0 radical (unpaired) electrons. The van der Waals surface area contributed by atoms with Gasteiger partial charge < -0.3 is 15.3 Å². The van der Waals surface area contributed by atoms with Gasteiger partial charge in [-0.2, -0.15) is 0 Å². The molecule has 1 fully saturated rings. The van der Waals surface area contributed by atoms with Gasteiger partial charge in [-0.3, -0.25) is 0 Å². The molecule has 0 spiro atoms. The van der Waals surface area contributed by atoms with Crippen LogP contribution in [0.1, 0.15) is 12.8 Å². The van der Waals surface area contributed by atoms with Crippen molar-refractivity contribution in [1.82, 2.24) is 4.90 Å². The first-order valence-corrected chi connectivity index (χ1v) is 6.92. The van der Waals surface area contributed by atoms with Crippen molar-refractivity contribution in [3.05, 3.63) is 27.7 Å². The molecule has 4 nitrogen and oxygen atoms in total. The van der Waals surface area contributed by atoms with Crippen molar-refractivity contribution in [3.63, 3.8) is 0 Å². The van der Waals surface area contributed by atoms with Crippen LogP contribution in [0.3, 0.4) is 0 Å². The Balaban J connectivity index is 2.07. The molecule has 0 aliphatic carbocycles. The lowest BCUT2D eigenvalue weighted by Gasteiger charge is -2.23. The van der Waals surface area contributed by atoms with Crippen LogP contribution in [-0.4, -0.2) is 35.2 Å². The summed E-state index contributed by atoms with van der Waals surface area (Å²) in [5.74, 6) is 0. The van der Waals surface area contributed by atoms with Crippen LogP contribution in [-0.2, 0) is 0 Å². The number of amides is 2. The van der Waals surface area contributed by atoms with Crippen molar-refractivity contribution in [2.24, 2.45) is 0 Å². The largest absolute Gasteiger partial charge is 0.394 e. The maximum absolute atomic E-state index is 12.1. The number of halogens is 2. The number of rotatable bonds is 2. The van der Waals surface area contributed by atoms with Gasteiger partial charge in [-0.25, -0.2) is 4.79 Å². The first-order valence-electron chi connectivity index (χ1n) is 5.75. The summed E-state index contributed by atoms with van der Waals surface area (Å²) in [7, 11) is 0. The third-order valence-electron chi connectivity index (χ3n) is 3.02. The van der Waals surface area contributed by atoms with Gasteiger partial charge in [0.05, 0.1) is 23.4 Å². The van der Waals surface area contributed by atoms with Crippen LogP contribution >= 0.6 is 27.5 Å². The van der Waals surface area contributed by atoms with Crippen LogP contribution < -0.4 is 5.32 Å². The molecule has 18 heavy (non-hydrogen) atoms. The second-order valence-corrected chi connectivity index (χ2v) is 5.55. The molecule has 0 aromatic heterocycles. The molecule has 1 atom stereocenters. The van der Waals surface area contributed by atoms with Crippen molar-refractivity contribution in [3.8, 4) is 0 Å². The van der Waals surface area contributed by atoms with E-state index in [9.17, 15) is 9.90 Å². The number of nitrogens with one attached hydrogen (secondary N) is 1. The van der Waals surface area contributed by atoms with Gasteiger partial charge >= 0.3 is 6.03 Å². The van der Waals surface area contributed by atoms with E-state index in [0.29, 0.717) is 17.3 Å². The first-order chi connectivity index (χ1) is 8.61. The summed E-state index contributed by atoms with van der Waals surface area (Å²) in [5.41, 5.74) is 0.577. The normalized spacial score (nSPS) is 19.1. The van der Waals surface area contributed by atoms with Crippen molar-refractivity contribution in [1.29, 1.82) is 0 Å². The average Bonchev–Trinajstić information content (AvgIpc) is 2.81. The highest BCUT2D eigenvalue weighted by Gasteiger charge is 2.28. The standard InChI is InChI=1S/C12H14BrClN2O2/c13-8-3-4-11(10(14)6-8)15-12(18)16-5-1-2-9(16)7-17/h3-4,6,9,17H,1-2,5,7H2,(H,15,18)/t9-/m0/s1. The number of aliphatic hydroxyl groups is 1. The zero-order chi connectivity index (χ0) is 13.1. The highest BCUT2D eigenvalue weighted by atomic mass is 79.9. The van der Waals surface area contributed by atoms with Crippen LogP contribution in [0.15, 0.2) is 22.7 Å². The Morgan fingerprint density at radius 2 is 2.39 bits per heavy atom. The quantitative estimate of drug-likeness (QED) is 0.874. The van der Waals surface area contributed by atoms with Gasteiger partial charge in [0.25, 0.3) is 0 Å². The predicted octanol–water partition coefficient (Wildman–Crippen LogP) is 3.09. The Kier molecular flexibility index (Phi) is 4.48. The van der Waals surface area contributed by atoms with E-state index in [1.807, 2.05) is 6.07 Å². The van der Waals surface area contributed by atoms with E-state index in [2.05, 4.69) is 21.2 Å². The Labute approximate surface area is 119 Å². The summed E-state index contributed by atoms with van der Waals surface area (Å²) in [5, 5.41) is 12.4. The fourth-order valence-electron chi connectivity index (χ4n) is 2.07. The van der Waals surface area contributed by atoms with Gasteiger partial charge in [-0.05, 0) is 31.0 Å². The van der Waals surface area contributed by atoms with Crippen LogP contribution in [0.2, 0.25) is 5.02 Å². The van der Waals surface area contributed by atoms with Gasteiger partial charge in [-0.1, -0.05) is 27.5 Å². The minimum atomic E-state index is -0.212. The minimum Gasteiger partial charge on any atom is -0.394 e. The van der Waals surface area contributed by atoms with E-state index in [0.717, 1.165) is 17.3 Å². The maximum Gasteiger partial charge on any atom is 0.322 e. The van der Waals surface area contributed by atoms with Crippen LogP contribution in [0.25, 0.3) is 0 Å².